The third kappa shape index (κ3) is 4.10. The largest absolute Gasteiger partial charge is 0.710 e. The van der Waals surface area contributed by atoms with E-state index < -0.39 is 7.32 Å². The Kier molecular flexibility index (Phi) is 4.97. The van der Waals surface area contributed by atoms with Crippen molar-refractivity contribution in [1.82, 2.24) is 0 Å². The molecule has 4 nitrogen and oxygen atoms in total. The van der Waals surface area contributed by atoms with Crippen molar-refractivity contribution in [1.29, 1.82) is 0 Å². The first kappa shape index (κ1) is 13.6. The molecule has 0 fully saturated rings. The monoisotopic (exact) mass is 257 g/mol. The smallest absolute Gasteiger partial charge is 0.512 e. The second-order valence-electron chi connectivity index (χ2n) is 3.97. The summed E-state index contributed by atoms with van der Waals surface area (Å²) >= 11 is 0. The lowest BCUT2D eigenvalue weighted by Gasteiger charge is -2.10. The Hall–Kier alpha value is -1.82. The summed E-state index contributed by atoms with van der Waals surface area (Å²) in [5.41, 5.74) is 7.48. The summed E-state index contributed by atoms with van der Waals surface area (Å²) in [5, 5.41) is 9.42. The van der Waals surface area contributed by atoms with Crippen molar-refractivity contribution in [3.8, 4) is 16.9 Å². The standard InChI is InChI=1S/C14H16BNO3/c16-10-11-18-15(17)19-14-8-6-13(7-9-14)12-4-2-1-3-5-12/h1-9,17H,10-11,16H2. The fraction of sp³-hybridized carbons (Fsp3) is 0.143. The van der Waals surface area contributed by atoms with Crippen LogP contribution in [0, 0.1) is 0 Å². The van der Waals surface area contributed by atoms with Crippen LogP contribution in [-0.4, -0.2) is 25.5 Å². The van der Waals surface area contributed by atoms with Gasteiger partial charge in [-0.25, -0.2) is 0 Å². The molecule has 0 saturated heterocycles. The molecule has 0 bridgehead atoms. The van der Waals surface area contributed by atoms with E-state index in [0.29, 0.717) is 12.3 Å². The highest BCUT2D eigenvalue weighted by Gasteiger charge is 2.17. The van der Waals surface area contributed by atoms with Crippen molar-refractivity contribution < 1.29 is 14.3 Å². The van der Waals surface area contributed by atoms with Gasteiger partial charge in [-0.2, -0.15) is 0 Å². The van der Waals surface area contributed by atoms with Crippen LogP contribution in [0.3, 0.4) is 0 Å². The highest BCUT2D eigenvalue weighted by Crippen LogP contribution is 2.22. The lowest BCUT2D eigenvalue weighted by Crippen LogP contribution is -2.28. The molecule has 2 rings (SSSR count). The van der Waals surface area contributed by atoms with Crippen LogP contribution in [0.5, 0.6) is 5.75 Å². The highest BCUT2D eigenvalue weighted by molar-refractivity contribution is 6.35. The summed E-state index contributed by atoms with van der Waals surface area (Å²) in [6.07, 6.45) is 0. The van der Waals surface area contributed by atoms with Crippen LogP contribution in [0.4, 0.5) is 0 Å². The van der Waals surface area contributed by atoms with Crippen LogP contribution in [0.2, 0.25) is 0 Å². The second-order valence-corrected chi connectivity index (χ2v) is 3.97. The predicted molar refractivity (Wildman–Crippen MR) is 75.5 cm³/mol. The quantitative estimate of drug-likeness (QED) is 0.773. The SMILES string of the molecule is NCCOB(O)Oc1ccc(-c2ccccc2)cc1. The Balaban J connectivity index is 1.99. The molecule has 2 aromatic carbocycles. The topological polar surface area (TPSA) is 64.7 Å². The molecular weight excluding hydrogens is 241 g/mol. The van der Waals surface area contributed by atoms with E-state index in [-0.39, 0.29) is 6.61 Å². The number of nitrogens with two attached hydrogens (primary N) is 1. The van der Waals surface area contributed by atoms with Crippen LogP contribution in [-0.2, 0) is 4.65 Å². The zero-order valence-electron chi connectivity index (χ0n) is 10.5. The average Bonchev–Trinajstić information content (AvgIpc) is 2.47. The first-order valence-corrected chi connectivity index (χ1v) is 6.11. The molecule has 0 amide bonds. The Morgan fingerprint density at radius 3 is 2.21 bits per heavy atom. The Morgan fingerprint density at radius 1 is 0.947 bits per heavy atom. The lowest BCUT2D eigenvalue weighted by molar-refractivity contribution is 0.199. The maximum Gasteiger partial charge on any atom is 0.710 e. The van der Waals surface area contributed by atoms with E-state index in [9.17, 15) is 5.02 Å². The molecule has 0 aliphatic heterocycles. The van der Waals surface area contributed by atoms with Gasteiger partial charge in [-0.15, -0.1) is 0 Å². The summed E-state index contributed by atoms with van der Waals surface area (Å²) in [6.45, 7) is 0.594. The van der Waals surface area contributed by atoms with E-state index in [0.717, 1.165) is 11.1 Å². The lowest BCUT2D eigenvalue weighted by atomic mass is 10.1. The second kappa shape index (κ2) is 6.94. The van der Waals surface area contributed by atoms with Gasteiger partial charge in [-0.1, -0.05) is 42.5 Å². The molecule has 3 N–H and O–H groups in total. The molecular formula is C14H16BNO3. The zero-order valence-corrected chi connectivity index (χ0v) is 10.5. The molecule has 0 aromatic heterocycles. The van der Waals surface area contributed by atoms with Crippen molar-refractivity contribution in [2.45, 2.75) is 0 Å². The Labute approximate surface area is 113 Å². The van der Waals surface area contributed by atoms with Crippen LogP contribution in [0.1, 0.15) is 0 Å². The van der Waals surface area contributed by atoms with Crippen molar-refractivity contribution in [2.75, 3.05) is 13.2 Å². The minimum absolute atomic E-state index is 0.253. The maximum absolute atomic E-state index is 9.42. The van der Waals surface area contributed by atoms with Gasteiger partial charge in [-0.05, 0) is 23.3 Å². The van der Waals surface area contributed by atoms with Gasteiger partial charge in [0.1, 0.15) is 5.75 Å². The molecule has 0 unspecified atom stereocenters. The van der Waals surface area contributed by atoms with Gasteiger partial charge in [0.2, 0.25) is 0 Å². The molecule has 0 spiro atoms. The van der Waals surface area contributed by atoms with Gasteiger partial charge in [-0.3, -0.25) is 0 Å². The van der Waals surface area contributed by atoms with E-state index in [1.807, 2.05) is 42.5 Å². The van der Waals surface area contributed by atoms with Crippen molar-refractivity contribution in [3.63, 3.8) is 0 Å². The molecule has 98 valence electrons. The van der Waals surface area contributed by atoms with Crippen LogP contribution in [0.25, 0.3) is 11.1 Å². The molecule has 0 atom stereocenters. The highest BCUT2D eigenvalue weighted by atomic mass is 16.7. The van der Waals surface area contributed by atoms with E-state index in [4.69, 9.17) is 15.0 Å². The summed E-state index contributed by atoms with van der Waals surface area (Å²) in [5.74, 6) is 0.546. The fourth-order valence-electron chi connectivity index (χ4n) is 1.68. The van der Waals surface area contributed by atoms with Gasteiger partial charge in [0.05, 0.1) is 0 Å². The molecule has 2 aromatic rings. The molecule has 19 heavy (non-hydrogen) atoms. The Bertz CT molecular complexity index is 490. The number of benzene rings is 2. The zero-order chi connectivity index (χ0) is 13.5. The van der Waals surface area contributed by atoms with Crippen LogP contribution >= 0.6 is 0 Å². The molecule has 5 heteroatoms. The number of hydrogen-bond acceptors (Lipinski definition) is 4. The van der Waals surface area contributed by atoms with Gasteiger partial charge < -0.3 is 20.1 Å². The maximum atomic E-state index is 9.42. The normalized spacial score (nSPS) is 10.2. The minimum Gasteiger partial charge on any atom is -0.512 e. The van der Waals surface area contributed by atoms with E-state index >= 15 is 0 Å². The summed E-state index contributed by atoms with van der Waals surface area (Å²) < 4.78 is 10.1. The molecule has 0 aliphatic rings. The molecule has 0 saturated carbocycles. The first-order valence-electron chi connectivity index (χ1n) is 6.11. The molecule has 0 radical (unpaired) electrons. The van der Waals surface area contributed by atoms with Crippen molar-refractivity contribution in [3.05, 3.63) is 54.6 Å². The summed E-state index contributed by atoms with van der Waals surface area (Å²) in [6, 6.07) is 17.5. The van der Waals surface area contributed by atoms with E-state index in [2.05, 4.69) is 0 Å². The third-order valence-electron chi connectivity index (χ3n) is 2.58. The third-order valence-corrected chi connectivity index (χ3v) is 2.58. The van der Waals surface area contributed by atoms with Crippen LogP contribution in [0.15, 0.2) is 54.6 Å². The average molecular weight is 257 g/mol. The van der Waals surface area contributed by atoms with Gasteiger partial charge in [0, 0.05) is 13.2 Å². The molecule has 0 aliphatic carbocycles. The summed E-state index contributed by atoms with van der Waals surface area (Å²) in [7, 11) is -1.29. The fourth-order valence-corrected chi connectivity index (χ4v) is 1.68. The summed E-state index contributed by atoms with van der Waals surface area (Å²) in [4.78, 5) is 0. The van der Waals surface area contributed by atoms with Gasteiger partial charge in [0.15, 0.2) is 0 Å². The molecule has 0 heterocycles. The first-order chi connectivity index (χ1) is 9.29. The van der Waals surface area contributed by atoms with E-state index in [1.54, 1.807) is 12.1 Å². The van der Waals surface area contributed by atoms with Crippen molar-refractivity contribution in [2.24, 2.45) is 5.73 Å². The van der Waals surface area contributed by atoms with Crippen molar-refractivity contribution >= 4 is 7.32 Å². The van der Waals surface area contributed by atoms with Gasteiger partial charge >= 0.3 is 7.32 Å². The predicted octanol–water partition coefficient (Wildman–Crippen LogP) is 1.68. The van der Waals surface area contributed by atoms with Gasteiger partial charge in [0.25, 0.3) is 0 Å². The van der Waals surface area contributed by atoms with E-state index in [1.165, 1.54) is 0 Å². The minimum atomic E-state index is -1.29. The number of hydrogen-bond donors (Lipinski definition) is 2. The van der Waals surface area contributed by atoms with Crippen LogP contribution < -0.4 is 10.4 Å². The Morgan fingerprint density at radius 2 is 1.58 bits per heavy atom. The number of rotatable bonds is 6.